The first-order valence-electron chi connectivity index (χ1n) is 6.72. The van der Waals surface area contributed by atoms with Crippen LogP contribution in [0.5, 0.6) is 0 Å². The van der Waals surface area contributed by atoms with Gasteiger partial charge >= 0.3 is 0 Å². The van der Waals surface area contributed by atoms with Crippen molar-refractivity contribution in [2.75, 3.05) is 0 Å². The normalized spacial score (nSPS) is 11.6. The molecule has 0 aliphatic carbocycles. The Morgan fingerprint density at radius 3 is 2.00 bits per heavy atom. The number of nitrogens with one attached hydrogen (secondary N) is 1. The van der Waals surface area contributed by atoms with Crippen LogP contribution in [0.15, 0.2) is 58.5 Å². The zero-order valence-corrected chi connectivity index (χ0v) is 11.8. The minimum absolute atomic E-state index is 0.105. The summed E-state index contributed by atoms with van der Waals surface area (Å²) in [6.45, 7) is 0. The molecule has 5 nitrogen and oxygen atoms in total. The highest BCUT2D eigenvalue weighted by Gasteiger charge is 2.01. The Bertz CT molecular complexity index is 800. The third-order valence-electron chi connectivity index (χ3n) is 2.92. The van der Waals surface area contributed by atoms with Crippen molar-refractivity contribution in [2.24, 2.45) is 9.98 Å². The predicted octanol–water partition coefficient (Wildman–Crippen LogP) is 3.58. The average molecular weight is 311 g/mol. The first kappa shape index (κ1) is 14.7. The standard InChI is InChI=1S/C16H11F2N5/c17-13-7-3-1-5-11(13)9-19-15-21-16(23-22-15)20-10-12-6-2-4-8-14(12)18/h1-10H,(H,21,22,23)/b19-9+,20-10+. The lowest BCUT2D eigenvalue weighted by atomic mass is 10.2. The van der Waals surface area contributed by atoms with E-state index >= 15 is 0 Å². The van der Waals surface area contributed by atoms with E-state index in [0.29, 0.717) is 11.1 Å². The number of aromatic nitrogens is 3. The van der Waals surface area contributed by atoms with Gasteiger partial charge in [0.15, 0.2) is 0 Å². The third-order valence-corrected chi connectivity index (χ3v) is 2.92. The molecule has 0 radical (unpaired) electrons. The molecule has 0 unspecified atom stereocenters. The molecule has 7 heteroatoms. The molecular weight excluding hydrogens is 300 g/mol. The van der Waals surface area contributed by atoms with E-state index < -0.39 is 0 Å². The molecule has 0 bridgehead atoms. The van der Waals surface area contributed by atoms with Crippen LogP contribution < -0.4 is 0 Å². The van der Waals surface area contributed by atoms with Crippen LogP contribution in [0.1, 0.15) is 11.1 Å². The monoisotopic (exact) mass is 311 g/mol. The number of aliphatic imine (C=N–C) groups is 2. The number of H-pyrrole nitrogens is 1. The van der Waals surface area contributed by atoms with Crippen LogP contribution in [0, 0.1) is 11.6 Å². The molecule has 0 saturated carbocycles. The summed E-state index contributed by atoms with van der Waals surface area (Å²) >= 11 is 0. The lowest BCUT2D eigenvalue weighted by Gasteiger charge is -1.93. The Hall–Kier alpha value is -3.22. The molecule has 0 aliphatic heterocycles. The second-order valence-electron chi connectivity index (χ2n) is 4.52. The lowest BCUT2D eigenvalue weighted by Crippen LogP contribution is -1.86. The van der Waals surface area contributed by atoms with Crippen LogP contribution in [-0.2, 0) is 0 Å². The lowest BCUT2D eigenvalue weighted by molar-refractivity contribution is 0.625. The summed E-state index contributed by atoms with van der Waals surface area (Å²) in [5.74, 6) is -0.485. The number of aromatic amines is 1. The second-order valence-corrected chi connectivity index (χ2v) is 4.52. The topological polar surface area (TPSA) is 66.3 Å². The molecule has 0 spiro atoms. The highest BCUT2D eigenvalue weighted by Crippen LogP contribution is 2.12. The van der Waals surface area contributed by atoms with Crippen molar-refractivity contribution < 1.29 is 8.78 Å². The van der Waals surface area contributed by atoms with E-state index in [1.54, 1.807) is 36.4 Å². The fraction of sp³-hybridized carbons (Fsp3) is 0. The van der Waals surface area contributed by atoms with Gasteiger partial charge in [-0.3, -0.25) is 0 Å². The summed E-state index contributed by atoms with van der Waals surface area (Å²) in [7, 11) is 0. The SMILES string of the molecule is Fc1ccccc1/C=N/c1n[nH]c(/N=C/c2ccccc2F)n1. The fourth-order valence-electron chi connectivity index (χ4n) is 1.78. The maximum absolute atomic E-state index is 13.4. The molecule has 0 aliphatic rings. The smallest absolute Gasteiger partial charge is 0.241 e. The highest BCUT2D eigenvalue weighted by molar-refractivity contribution is 5.82. The molecule has 1 aromatic heterocycles. The molecule has 3 aromatic rings. The van der Waals surface area contributed by atoms with Gasteiger partial charge < -0.3 is 0 Å². The zero-order chi connectivity index (χ0) is 16.1. The predicted molar refractivity (Wildman–Crippen MR) is 83.7 cm³/mol. The van der Waals surface area contributed by atoms with E-state index in [9.17, 15) is 8.78 Å². The highest BCUT2D eigenvalue weighted by atomic mass is 19.1. The molecule has 114 valence electrons. The molecule has 2 aromatic carbocycles. The Morgan fingerprint density at radius 1 is 0.826 bits per heavy atom. The van der Waals surface area contributed by atoms with Crippen LogP contribution in [0.2, 0.25) is 0 Å². The summed E-state index contributed by atoms with van der Waals surface area (Å²) in [6, 6.07) is 12.4. The van der Waals surface area contributed by atoms with E-state index in [2.05, 4.69) is 25.2 Å². The largest absolute Gasteiger partial charge is 0.269 e. The van der Waals surface area contributed by atoms with E-state index in [4.69, 9.17) is 0 Å². The maximum atomic E-state index is 13.4. The van der Waals surface area contributed by atoms with Crippen molar-refractivity contribution in [2.45, 2.75) is 0 Å². The Balaban J connectivity index is 1.74. The van der Waals surface area contributed by atoms with Crippen LogP contribution in [0.25, 0.3) is 0 Å². The van der Waals surface area contributed by atoms with Crippen LogP contribution in [-0.4, -0.2) is 27.6 Å². The van der Waals surface area contributed by atoms with Gasteiger partial charge in [0, 0.05) is 23.6 Å². The van der Waals surface area contributed by atoms with Crippen LogP contribution in [0.4, 0.5) is 20.7 Å². The maximum Gasteiger partial charge on any atom is 0.269 e. The molecular formula is C16H11F2N5. The van der Waals surface area contributed by atoms with E-state index in [1.165, 1.54) is 24.6 Å². The fourth-order valence-corrected chi connectivity index (χ4v) is 1.78. The molecule has 0 saturated heterocycles. The Labute approximate surface area is 130 Å². The van der Waals surface area contributed by atoms with E-state index in [1.807, 2.05) is 0 Å². The number of hydrogen-bond acceptors (Lipinski definition) is 4. The molecule has 0 fully saturated rings. The third kappa shape index (κ3) is 3.70. The first-order valence-corrected chi connectivity index (χ1v) is 6.72. The van der Waals surface area contributed by atoms with Crippen molar-refractivity contribution in [3.8, 4) is 0 Å². The van der Waals surface area contributed by atoms with Crippen molar-refractivity contribution in [3.63, 3.8) is 0 Å². The van der Waals surface area contributed by atoms with Crippen molar-refractivity contribution >= 4 is 24.3 Å². The zero-order valence-electron chi connectivity index (χ0n) is 11.8. The van der Waals surface area contributed by atoms with E-state index in [-0.39, 0.29) is 23.5 Å². The Morgan fingerprint density at radius 2 is 1.39 bits per heavy atom. The summed E-state index contributed by atoms with van der Waals surface area (Å²) in [5.41, 5.74) is 0.661. The van der Waals surface area contributed by atoms with Gasteiger partial charge in [-0.15, -0.1) is 5.10 Å². The van der Waals surface area contributed by atoms with Crippen molar-refractivity contribution in [3.05, 3.63) is 71.3 Å². The molecule has 0 amide bonds. The molecule has 1 heterocycles. The van der Waals surface area contributed by atoms with Crippen molar-refractivity contribution in [1.82, 2.24) is 15.2 Å². The van der Waals surface area contributed by atoms with Gasteiger partial charge in [0.25, 0.3) is 5.95 Å². The number of nitrogens with zero attached hydrogens (tertiary/aromatic N) is 4. The number of rotatable bonds is 4. The van der Waals surface area contributed by atoms with Gasteiger partial charge in [0.05, 0.1) is 0 Å². The molecule has 3 rings (SSSR count). The summed E-state index contributed by atoms with van der Waals surface area (Å²) in [4.78, 5) is 11.9. The number of hydrogen-bond donors (Lipinski definition) is 1. The minimum Gasteiger partial charge on any atom is -0.241 e. The van der Waals surface area contributed by atoms with Crippen molar-refractivity contribution in [1.29, 1.82) is 0 Å². The summed E-state index contributed by atoms with van der Waals surface area (Å²) < 4.78 is 26.9. The van der Waals surface area contributed by atoms with Gasteiger partial charge in [0.1, 0.15) is 11.6 Å². The van der Waals surface area contributed by atoms with Gasteiger partial charge in [-0.25, -0.2) is 23.9 Å². The average Bonchev–Trinajstić information content (AvgIpc) is 3.01. The van der Waals surface area contributed by atoms with E-state index in [0.717, 1.165) is 0 Å². The quantitative estimate of drug-likeness (QED) is 0.748. The first-order chi connectivity index (χ1) is 11.2. The molecule has 0 atom stereocenters. The Kier molecular flexibility index (Phi) is 4.28. The van der Waals surface area contributed by atoms with Crippen LogP contribution in [0.3, 0.4) is 0 Å². The number of halogens is 2. The van der Waals surface area contributed by atoms with Gasteiger partial charge in [-0.2, -0.15) is 4.98 Å². The second kappa shape index (κ2) is 6.69. The van der Waals surface area contributed by atoms with Gasteiger partial charge in [-0.05, 0) is 12.1 Å². The van der Waals surface area contributed by atoms with Gasteiger partial charge in [-0.1, -0.05) is 36.4 Å². The number of benzene rings is 2. The van der Waals surface area contributed by atoms with Gasteiger partial charge in [0.2, 0.25) is 5.95 Å². The molecule has 1 N–H and O–H groups in total. The summed E-state index contributed by atoms with van der Waals surface area (Å²) in [5, 5.41) is 6.39. The molecule has 23 heavy (non-hydrogen) atoms. The minimum atomic E-state index is -0.385. The summed E-state index contributed by atoms with van der Waals surface area (Å²) in [6.07, 6.45) is 2.66. The van der Waals surface area contributed by atoms with Crippen LogP contribution >= 0.6 is 0 Å².